The average molecular weight is 525 g/mol. The molecule has 0 amide bonds. The van der Waals surface area contributed by atoms with E-state index < -0.39 is 10.0 Å². The second-order valence-electron chi connectivity index (χ2n) is 5.88. The van der Waals surface area contributed by atoms with Crippen LogP contribution in [0.1, 0.15) is 17.5 Å². The highest BCUT2D eigenvalue weighted by molar-refractivity contribution is 14.0. The number of rotatable bonds is 6. The average Bonchev–Trinajstić information content (AvgIpc) is 3.32. The molecule has 1 N–H and O–H groups in total. The lowest BCUT2D eigenvalue weighted by Gasteiger charge is -2.35. The smallest absolute Gasteiger partial charge is 0.220 e. The normalized spacial score (nSPS) is 16.2. The van der Waals surface area contributed by atoms with Crippen LogP contribution in [0.5, 0.6) is 0 Å². The van der Waals surface area contributed by atoms with E-state index in [4.69, 9.17) is 4.52 Å². The molecule has 3 rings (SSSR count). The Bertz CT molecular complexity index is 801. The molecule has 0 atom stereocenters. The van der Waals surface area contributed by atoms with Crippen LogP contribution in [0.15, 0.2) is 39.4 Å². The highest BCUT2D eigenvalue weighted by Gasteiger charge is 2.28. The number of piperazine rings is 1. The summed E-state index contributed by atoms with van der Waals surface area (Å²) in [7, 11) is -3.39. The van der Waals surface area contributed by atoms with Crippen molar-refractivity contribution in [3.8, 4) is 0 Å². The molecule has 0 unspecified atom stereocenters. The molecule has 0 radical (unpaired) electrons. The molecule has 27 heavy (non-hydrogen) atoms. The number of nitrogens with zero attached hydrogens (tertiary/aromatic N) is 4. The molecule has 0 bridgehead atoms. The lowest BCUT2D eigenvalue weighted by molar-refractivity contribution is 0.259. The fourth-order valence-electron chi connectivity index (χ4n) is 2.75. The van der Waals surface area contributed by atoms with E-state index >= 15 is 0 Å². The summed E-state index contributed by atoms with van der Waals surface area (Å²) < 4.78 is 31.3. The van der Waals surface area contributed by atoms with Crippen LogP contribution in [0, 0.1) is 0 Å². The topological polar surface area (TPSA) is 91.0 Å². The molecule has 1 aliphatic heterocycles. The van der Waals surface area contributed by atoms with Crippen molar-refractivity contribution in [2.45, 2.75) is 19.2 Å². The molecule has 2 aromatic rings. The van der Waals surface area contributed by atoms with Crippen LogP contribution in [0.25, 0.3) is 0 Å². The van der Waals surface area contributed by atoms with Gasteiger partial charge in [-0.3, -0.25) is 0 Å². The molecule has 0 saturated carbocycles. The van der Waals surface area contributed by atoms with Gasteiger partial charge in [0.15, 0.2) is 5.96 Å². The molecule has 1 saturated heterocycles. The van der Waals surface area contributed by atoms with Gasteiger partial charge in [-0.25, -0.2) is 13.4 Å². The molecular weight excluding hydrogens is 501 g/mol. The molecule has 0 aliphatic carbocycles. The first-order valence-corrected chi connectivity index (χ1v) is 11.0. The van der Waals surface area contributed by atoms with Crippen LogP contribution in [-0.2, 0) is 22.3 Å². The van der Waals surface area contributed by atoms with Gasteiger partial charge in [0.05, 0.1) is 12.2 Å². The molecule has 1 aliphatic rings. The molecule has 150 valence electrons. The Labute approximate surface area is 180 Å². The Kier molecular flexibility index (Phi) is 8.51. The largest absolute Gasteiger partial charge is 0.364 e. The quantitative estimate of drug-likeness (QED) is 0.353. The van der Waals surface area contributed by atoms with Crippen LogP contribution < -0.4 is 5.32 Å². The third-order valence-corrected chi connectivity index (χ3v) is 6.73. The van der Waals surface area contributed by atoms with E-state index in [-0.39, 0.29) is 29.7 Å². The number of thiophene rings is 1. The van der Waals surface area contributed by atoms with Crippen LogP contribution in [-0.4, -0.2) is 61.5 Å². The number of nitrogens with one attached hydrogen (secondary N) is 1. The second-order valence-corrected chi connectivity index (χ2v) is 8.88. The van der Waals surface area contributed by atoms with E-state index in [0.717, 1.165) is 12.5 Å². The van der Waals surface area contributed by atoms with Gasteiger partial charge in [0, 0.05) is 43.7 Å². The Morgan fingerprint density at radius 2 is 2.11 bits per heavy atom. The van der Waals surface area contributed by atoms with Crippen LogP contribution in [0.4, 0.5) is 0 Å². The monoisotopic (exact) mass is 525 g/mol. The molecule has 11 heteroatoms. The third-order valence-electron chi connectivity index (χ3n) is 4.05. The fourth-order valence-corrected chi connectivity index (χ4v) is 4.80. The summed E-state index contributed by atoms with van der Waals surface area (Å²) in [5, 5.41) is 9.03. The minimum Gasteiger partial charge on any atom is -0.364 e. The summed E-state index contributed by atoms with van der Waals surface area (Å²) in [6.07, 6.45) is 1.38. The Morgan fingerprint density at radius 3 is 2.70 bits per heavy atom. The van der Waals surface area contributed by atoms with Gasteiger partial charge in [-0.1, -0.05) is 11.2 Å². The minimum atomic E-state index is -3.39. The number of hydrogen-bond acceptors (Lipinski definition) is 6. The lowest BCUT2D eigenvalue weighted by Crippen LogP contribution is -2.53. The molecule has 2 aromatic heterocycles. The first-order valence-electron chi connectivity index (χ1n) is 8.51. The van der Waals surface area contributed by atoms with Crippen molar-refractivity contribution in [3.63, 3.8) is 0 Å². The van der Waals surface area contributed by atoms with Crippen molar-refractivity contribution in [1.29, 1.82) is 0 Å². The van der Waals surface area contributed by atoms with Gasteiger partial charge in [0.25, 0.3) is 0 Å². The van der Waals surface area contributed by atoms with Crippen molar-refractivity contribution in [3.05, 3.63) is 40.4 Å². The number of guanidine groups is 1. The molecule has 0 spiro atoms. The lowest BCUT2D eigenvalue weighted by atomic mass is 10.4. The van der Waals surface area contributed by atoms with Gasteiger partial charge in [-0.2, -0.15) is 4.31 Å². The minimum absolute atomic E-state index is 0. The molecular formula is C16H24IN5O3S2. The summed E-state index contributed by atoms with van der Waals surface area (Å²) >= 11 is 1.68. The van der Waals surface area contributed by atoms with Crippen molar-refractivity contribution >= 4 is 51.3 Å². The van der Waals surface area contributed by atoms with E-state index in [9.17, 15) is 8.42 Å². The van der Waals surface area contributed by atoms with Gasteiger partial charge in [0.2, 0.25) is 10.0 Å². The summed E-state index contributed by atoms with van der Waals surface area (Å²) in [4.78, 5) is 7.99. The highest BCUT2D eigenvalue weighted by atomic mass is 127. The predicted octanol–water partition coefficient (Wildman–Crippen LogP) is 1.97. The van der Waals surface area contributed by atoms with Crippen LogP contribution >= 0.6 is 35.3 Å². The zero-order valence-corrected chi connectivity index (χ0v) is 19.0. The van der Waals surface area contributed by atoms with Gasteiger partial charge in [-0.15, -0.1) is 35.3 Å². The highest BCUT2D eigenvalue weighted by Crippen LogP contribution is 2.14. The van der Waals surface area contributed by atoms with E-state index in [1.165, 1.54) is 15.4 Å². The van der Waals surface area contributed by atoms with Gasteiger partial charge in [-0.05, 0) is 18.4 Å². The van der Waals surface area contributed by atoms with E-state index in [2.05, 4.69) is 26.4 Å². The Morgan fingerprint density at radius 1 is 1.33 bits per heavy atom. The van der Waals surface area contributed by atoms with Gasteiger partial charge < -0.3 is 14.7 Å². The first-order chi connectivity index (χ1) is 12.6. The zero-order valence-electron chi connectivity index (χ0n) is 15.1. The number of hydrogen-bond donors (Lipinski definition) is 1. The second kappa shape index (κ2) is 10.4. The molecule has 3 heterocycles. The Hall–Kier alpha value is -1.18. The Balaban J connectivity index is 0.00000261. The fraction of sp³-hybridized carbons (Fsp3) is 0.500. The standard InChI is InChI=1S/C16H23N5O3S2.HI/c1-2-17-16(18-12-15-4-3-11-25-15)20-6-8-21(9-7-20)26(22,23)13-14-5-10-24-19-14;/h3-5,10-11H,2,6-9,12-13H2,1H3,(H,17,18);1H. The summed E-state index contributed by atoms with van der Waals surface area (Å²) in [6.45, 7) is 5.51. The van der Waals surface area contributed by atoms with E-state index in [0.29, 0.717) is 38.4 Å². The van der Waals surface area contributed by atoms with E-state index in [1.54, 1.807) is 17.4 Å². The maximum Gasteiger partial charge on any atom is 0.220 e. The van der Waals surface area contributed by atoms with E-state index in [1.807, 2.05) is 18.4 Å². The SMILES string of the molecule is CCNC(=NCc1cccs1)N1CCN(S(=O)(=O)Cc2ccon2)CC1.I. The molecule has 0 aromatic carbocycles. The number of halogens is 1. The number of aromatic nitrogens is 1. The maximum atomic E-state index is 12.5. The van der Waals surface area contributed by atoms with Crippen molar-refractivity contribution in [2.75, 3.05) is 32.7 Å². The van der Waals surface area contributed by atoms with Crippen molar-refractivity contribution in [2.24, 2.45) is 4.99 Å². The number of aliphatic imine (C=N–C) groups is 1. The third kappa shape index (κ3) is 6.16. The van der Waals surface area contributed by atoms with Crippen molar-refractivity contribution < 1.29 is 12.9 Å². The van der Waals surface area contributed by atoms with Crippen molar-refractivity contribution in [1.82, 2.24) is 19.7 Å². The molecule has 8 nitrogen and oxygen atoms in total. The summed E-state index contributed by atoms with van der Waals surface area (Å²) in [5.41, 5.74) is 0.429. The van der Waals surface area contributed by atoms with Gasteiger partial charge >= 0.3 is 0 Å². The van der Waals surface area contributed by atoms with Crippen LogP contribution in [0.2, 0.25) is 0 Å². The zero-order chi connectivity index (χ0) is 18.4. The summed E-state index contributed by atoms with van der Waals surface area (Å²) in [6, 6.07) is 5.65. The number of sulfonamides is 1. The van der Waals surface area contributed by atoms with Gasteiger partial charge in [0.1, 0.15) is 12.0 Å². The maximum absolute atomic E-state index is 12.5. The first kappa shape index (κ1) is 22.1. The predicted molar refractivity (Wildman–Crippen MR) is 117 cm³/mol. The summed E-state index contributed by atoms with van der Waals surface area (Å²) in [5.74, 6) is 0.699. The molecule has 1 fully saturated rings. The van der Waals surface area contributed by atoms with Crippen LogP contribution in [0.3, 0.4) is 0 Å².